The van der Waals surface area contributed by atoms with Crippen LogP contribution in [0, 0.1) is 6.92 Å². The van der Waals surface area contributed by atoms with E-state index in [-0.39, 0.29) is 0 Å². The maximum absolute atomic E-state index is 6.00. The molecule has 0 aliphatic carbocycles. The lowest BCUT2D eigenvalue weighted by atomic mass is 10.1. The SMILES string of the molecule is COCCn1cnnc1-c1c(C)cccc1N. The van der Waals surface area contributed by atoms with Crippen molar-refractivity contribution in [2.45, 2.75) is 13.5 Å². The topological polar surface area (TPSA) is 66.0 Å². The average Bonchev–Trinajstić information content (AvgIpc) is 2.74. The third kappa shape index (κ3) is 2.29. The first kappa shape index (κ1) is 11.6. The lowest BCUT2D eigenvalue weighted by molar-refractivity contribution is 0.187. The number of methoxy groups -OCH3 is 1. The zero-order valence-electron chi connectivity index (χ0n) is 10.1. The standard InChI is InChI=1S/C12H16N4O/c1-9-4-3-5-10(13)11(9)12-15-14-8-16(12)6-7-17-2/h3-5,8H,6-7,13H2,1-2H3. The second-order valence-electron chi connectivity index (χ2n) is 3.88. The second-order valence-corrected chi connectivity index (χ2v) is 3.88. The minimum atomic E-state index is 0.622. The van der Waals surface area contributed by atoms with Gasteiger partial charge in [-0.3, -0.25) is 0 Å². The molecule has 0 unspecified atom stereocenters. The number of aromatic nitrogens is 3. The molecule has 0 bridgehead atoms. The van der Waals surface area contributed by atoms with E-state index >= 15 is 0 Å². The largest absolute Gasteiger partial charge is 0.398 e. The molecule has 0 amide bonds. The van der Waals surface area contributed by atoms with Gasteiger partial charge in [0.1, 0.15) is 6.33 Å². The van der Waals surface area contributed by atoms with Crippen molar-refractivity contribution in [2.75, 3.05) is 19.5 Å². The highest BCUT2D eigenvalue weighted by Crippen LogP contribution is 2.27. The first-order valence-corrected chi connectivity index (χ1v) is 5.46. The summed E-state index contributed by atoms with van der Waals surface area (Å²) in [5.74, 6) is 0.789. The summed E-state index contributed by atoms with van der Waals surface area (Å²) in [6.07, 6.45) is 1.69. The highest BCUT2D eigenvalue weighted by molar-refractivity contribution is 5.74. The van der Waals surface area contributed by atoms with Crippen molar-refractivity contribution in [1.82, 2.24) is 14.8 Å². The average molecular weight is 232 g/mol. The number of hydrogen-bond donors (Lipinski definition) is 1. The van der Waals surface area contributed by atoms with Crippen LogP contribution in [-0.4, -0.2) is 28.5 Å². The molecule has 2 rings (SSSR count). The molecule has 2 N–H and O–H groups in total. The Hall–Kier alpha value is -1.88. The summed E-state index contributed by atoms with van der Waals surface area (Å²) >= 11 is 0. The molecule has 17 heavy (non-hydrogen) atoms. The minimum absolute atomic E-state index is 0.622. The van der Waals surface area contributed by atoms with Crippen LogP contribution in [0.15, 0.2) is 24.5 Å². The lowest BCUT2D eigenvalue weighted by Gasteiger charge is -2.10. The Kier molecular flexibility index (Phi) is 3.39. The van der Waals surface area contributed by atoms with E-state index in [1.54, 1.807) is 13.4 Å². The van der Waals surface area contributed by atoms with E-state index in [4.69, 9.17) is 10.5 Å². The van der Waals surface area contributed by atoms with E-state index < -0.39 is 0 Å². The Morgan fingerprint density at radius 3 is 2.94 bits per heavy atom. The van der Waals surface area contributed by atoms with E-state index in [0.29, 0.717) is 13.2 Å². The molecule has 5 nitrogen and oxygen atoms in total. The zero-order valence-corrected chi connectivity index (χ0v) is 10.1. The molecule has 2 aromatic rings. The third-order valence-electron chi connectivity index (χ3n) is 2.68. The smallest absolute Gasteiger partial charge is 0.166 e. The summed E-state index contributed by atoms with van der Waals surface area (Å²) in [6.45, 7) is 3.35. The van der Waals surface area contributed by atoms with Crippen LogP contribution in [0.3, 0.4) is 0 Å². The Bertz CT molecular complexity index is 487. The molecule has 1 aromatic heterocycles. The second kappa shape index (κ2) is 4.97. The van der Waals surface area contributed by atoms with Crippen LogP contribution < -0.4 is 5.73 Å². The Morgan fingerprint density at radius 1 is 1.41 bits per heavy atom. The Balaban J connectivity index is 2.43. The van der Waals surface area contributed by atoms with Gasteiger partial charge in [0.2, 0.25) is 0 Å². The number of anilines is 1. The van der Waals surface area contributed by atoms with Crippen molar-refractivity contribution in [2.24, 2.45) is 0 Å². The van der Waals surface area contributed by atoms with Crippen LogP contribution in [0.25, 0.3) is 11.4 Å². The molecule has 0 fully saturated rings. The molecule has 90 valence electrons. The van der Waals surface area contributed by atoms with Crippen molar-refractivity contribution in [3.05, 3.63) is 30.1 Å². The van der Waals surface area contributed by atoms with Gasteiger partial charge >= 0.3 is 0 Å². The lowest BCUT2D eigenvalue weighted by Crippen LogP contribution is -2.06. The van der Waals surface area contributed by atoms with Crippen molar-refractivity contribution >= 4 is 5.69 Å². The van der Waals surface area contributed by atoms with Crippen molar-refractivity contribution in [3.8, 4) is 11.4 Å². The van der Waals surface area contributed by atoms with E-state index in [2.05, 4.69) is 10.2 Å². The minimum Gasteiger partial charge on any atom is -0.398 e. The predicted molar refractivity (Wildman–Crippen MR) is 66.5 cm³/mol. The number of benzene rings is 1. The number of nitrogen functional groups attached to an aromatic ring is 1. The quantitative estimate of drug-likeness (QED) is 0.811. The number of nitrogens with zero attached hydrogens (tertiary/aromatic N) is 3. The van der Waals surface area contributed by atoms with Gasteiger partial charge in [0.05, 0.1) is 6.61 Å². The van der Waals surface area contributed by atoms with Gasteiger partial charge < -0.3 is 15.0 Å². The summed E-state index contributed by atoms with van der Waals surface area (Å²) < 4.78 is 7.01. The molecule has 5 heteroatoms. The molecule has 1 heterocycles. The maximum atomic E-state index is 6.00. The van der Waals surface area contributed by atoms with Gasteiger partial charge in [0.15, 0.2) is 5.82 Å². The Morgan fingerprint density at radius 2 is 2.24 bits per heavy atom. The van der Waals surface area contributed by atoms with Crippen LogP contribution in [0.2, 0.25) is 0 Å². The van der Waals surface area contributed by atoms with E-state index in [0.717, 1.165) is 22.6 Å². The molecular weight excluding hydrogens is 216 g/mol. The summed E-state index contributed by atoms with van der Waals surface area (Å²) in [5.41, 5.74) is 8.76. The number of hydrogen-bond acceptors (Lipinski definition) is 4. The summed E-state index contributed by atoms with van der Waals surface area (Å²) in [5, 5.41) is 8.07. The number of rotatable bonds is 4. The first-order valence-electron chi connectivity index (χ1n) is 5.46. The van der Waals surface area contributed by atoms with Gasteiger partial charge in [-0.05, 0) is 18.6 Å². The van der Waals surface area contributed by atoms with Gasteiger partial charge in [0.25, 0.3) is 0 Å². The summed E-state index contributed by atoms with van der Waals surface area (Å²) in [6, 6.07) is 5.82. The molecule has 0 aliphatic heterocycles. The molecule has 0 radical (unpaired) electrons. The molecule has 0 atom stereocenters. The molecular formula is C12H16N4O. The van der Waals surface area contributed by atoms with E-state index in [1.807, 2.05) is 29.7 Å². The van der Waals surface area contributed by atoms with Gasteiger partial charge in [-0.2, -0.15) is 0 Å². The third-order valence-corrected chi connectivity index (χ3v) is 2.68. The zero-order chi connectivity index (χ0) is 12.3. The molecule has 1 aromatic carbocycles. The summed E-state index contributed by atoms with van der Waals surface area (Å²) in [4.78, 5) is 0. The highest BCUT2D eigenvalue weighted by atomic mass is 16.5. The van der Waals surface area contributed by atoms with Gasteiger partial charge in [-0.15, -0.1) is 10.2 Å². The van der Waals surface area contributed by atoms with Crippen LogP contribution in [0.4, 0.5) is 5.69 Å². The number of ether oxygens (including phenoxy) is 1. The molecule has 0 spiro atoms. The predicted octanol–water partition coefficient (Wildman–Crippen LogP) is 1.48. The molecule has 0 aliphatic rings. The van der Waals surface area contributed by atoms with Crippen molar-refractivity contribution < 1.29 is 4.74 Å². The fourth-order valence-corrected chi connectivity index (χ4v) is 1.80. The number of aryl methyl sites for hydroxylation is 1. The van der Waals surface area contributed by atoms with Crippen molar-refractivity contribution in [3.63, 3.8) is 0 Å². The van der Waals surface area contributed by atoms with Crippen molar-refractivity contribution in [1.29, 1.82) is 0 Å². The fraction of sp³-hybridized carbons (Fsp3) is 0.333. The van der Waals surface area contributed by atoms with Gasteiger partial charge in [-0.25, -0.2) is 0 Å². The van der Waals surface area contributed by atoms with Gasteiger partial charge in [0, 0.05) is 24.9 Å². The van der Waals surface area contributed by atoms with E-state index in [9.17, 15) is 0 Å². The number of nitrogens with two attached hydrogens (primary N) is 1. The normalized spacial score (nSPS) is 10.7. The van der Waals surface area contributed by atoms with Crippen LogP contribution >= 0.6 is 0 Å². The summed E-state index contributed by atoms with van der Waals surface area (Å²) in [7, 11) is 1.67. The highest BCUT2D eigenvalue weighted by Gasteiger charge is 2.12. The Labute approximate surface area is 100 Å². The first-order chi connectivity index (χ1) is 8.24. The van der Waals surface area contributed by atoms with Crippen LogP contribution in [0.5, 0.6) is 0 Å². The monoisotopic (exact) mass is 232 g/mol. The van der Waals surface area contributed by atoms with Gasteiger partial charge in [-0.1, -0.05) is 12.1 Å². The maximum Gasteiger partial charge on any atom is 0.166 e. The molecule has 0 saturated carbocycles. The fourth-order valence-electron chi connectivity index (χ4n) is 1.80. The van der Waals surface area contributed by atoms with Crippen LogP contribution in [0.1, 0.15) is 5.56 Å². The van der Waals surface area contributed by atoms with E-state index in [1.165, 1.54) is 0 Å². The van der Waals surface area contributed by atoms with Crippen LogP contribution in [-0.2, 0) is 11.3 Å². The molecule has 0 saturated heterocycles.